The SMILES string of the molecule is CC(=O)N1CCC(NC(=O)CN2CCN(c3ncccn3)CC2)CC1. The maximum absolute atomic E-state index is 12.3. The minimum Gasteiger partial charge on any atom is -0.352 e. The summed E-state index contributed by atoms with van der Waals surface area (Å²) >= 11 is 0. The van der Waals surface area contributed by atoms with Crippen molar-refractivity contribution >= 4 is 17.8 Å². The van der Waals surface area contributed by atoms with Gasteiger partial charge in [-0.3, -0.25) is 14.5 Å². The van der Waals surface area contributed by atoms with E-state index in [1.54, 1.807) is 19.3 Å². The van der Waals surface area contributed by atoms with E-state index in [1.807, 2.05) is 11.0 Å². The fourth-order valence-corrected chi connectivity index (χ4v) is 3.38. The number of amides is 2. The number of nitrogens with one attached hydrogen (secondary N) is 1. The van der Waals surface area contributed by atoms with Gasteiger partial charge in [-0.2, -0.15) is 0 Å². The third kappa shape index (κ3) is 4.88. The van der Waals surface area contributed by atoms with Crippen molar-refractivity contribution in [3.05, 3.63) is 18.5 Å². The number of likely N-dealkylation sites (tertiary alicyclic amines) is 1. The Bertz CT molecular complexity index is 580. The van der Waals surface area contributed by atoms with Crippen molar-refractivity contribution in [1.29, 1.82) is 0 Å². The van der Waals surface area contributed by atoms with Crippen molar-refractivity contribution in [2.45, 2.75) is 25.8 Å². The Hall–Kier alpha value is -2.22. The van der Waals surface area contributed by atoms with E-state index in [9.17, 15) is 9.59 Å². The second-order valence-electron chi connectivity index (χ2n) is 6.66. The Kier molecular flexibility index (Phi) is 5.80. The molecule has 2 fully saturated rings. The standard InChI is InChI=1S/C17H26N6O2/c1-14(24)22-7-3-15(4-8-22)20-16(25)13-21-9-11-23(12-10-21)17-18-5-2-6-19-17/h2,5-6,15H,3-4,7-13H2,1H3,(H,20,25). The summed E-state index contributed by atoms with van der Waals surface area (Å²) in [5, 5.41) is 3.11. The van der Waals surface area contributed by atoms with E-state index < -0.39 is 0 Å². The molecule has 0 aliphatic carbocycles. The normalized spacial score (nSPS) is 19.7. The van der Waals surface area contributed by atoms with Crippen LogP contribution in [0.25, 0.3) is 0 Å². The lowest BCUT2D eigenvalue weighted by molar-refractivity contribution is -0.130. The maximum atomic E-state index is 12.3. The zero-order valence-corrected chi connectivity index (χ0v) is 14.7. The predicted octanol–water partition coefficient (Wildman–Crippen LogP) is -0.274. The van der Waals surface area contributed by atoms with E-state index in [2.05, 4.69) is 25.1 Å². The van der Waals surface area contributed by atoms with Crippen LogP contribution in [-0.2, 0) is 9.59 Å². The summed E-state index contributed by atoms with van der Waals surface area (Å²) < 4.78 is 0. The second kappa shape index (κ2) is 8.24. The van der Waals surface area contributed by atoms with Crippen LogP contribution in [0.15, 0.2) is 18.5 Å². The first kappa shape index (κ1) is 17.6. The van der Waals surface area contributed by atoms with Crippen molar-refractivity contribution in [1.82, 2.24) is 25.1 Å². The summed E-state index contributed by atoms with van der Waals surface area (Å²) in [6.07, 6.45) is 5.17. The summed E-state index contributed by atoms with van der Waals surface area (Å²) in [6, 6.07) is 1.99. The largest absolute Gasteiger partial charge is 0.352 e. The zero-order valence-electron chi connectivity index (χ0n) is 14.7. The summed E-state index contributed by atoms with van der Waals surface area (Å²) in [4.78, 5) is 38.3. The fourth-order valence-electron chi connectivity index (χ4n) is 3.38. The van der Waals surface area contributed by atoms with Crippen molar-refractivity contribution in [3.63, 3.8) is 0 Å². The van der Waals surface area contributed by atoms with Crippen LogP contribution in [0.1, 0.15) is 19.8 Å². The number of aromatic nitrogens is 2. The molecule has 2 aliphatic rings. The molecule has 8 nitrogen and oxygen atoms in total. The first-order valence-electron chi connectivity index (χ1n) is 8.91. The van der Waals surface area contributed by atoms with Gasteiger partial charge < -0.3 is 15.1 Å². The summed E-state index contributed by atoms with van der Waals surface area (Å²) in [5.41, 5.74) is 0. The highest BCUT2D eigenvalue weighted by Crippen LogP contribution is 2.11. The lowest BCUT2D eigenvalue weighted by Crippen LogP contribution is -2.52. The van der Waals surface area contributed by atoms with Crippen molar-refractivity contribution in [2.24, 2.45) is 0 Å². The molecule has 3 heterocycles. The van der Waals surface area contributed by atoms with Gasteiger partial charge >= 0.3 is 0 Å². The molecule has 3 rings (SSSR count). The van der Waals surface area contributed by atoms with Crippen LogP contribution in [0, 0.1) is 0 Å². The zero-order chi connectivity index (χ0) is 17.6. The molecule has 1 aromatic heterocycles. The van der Waals surface area contributed by atoms with Crippen LogP contribution in [-0.4, -0.2) is 83.4 Å². The molecule has 2 saturated heterocycles. The predicted molar refractivity (Wildman–Crippen MR) is 94.1 cm³/mol. The van der Waals surface area contributed by atoms with Crippen LogP contribution in [0.5, 0.6) is 0 Å². The molecule has 2 amide bonds. The fraction of sp³-hybridized carbons (Fsp3) is 0.647. The molecular formula is C17H26N6O2. The minimum absolute atomic E-state index is 0.0747. The molecule has 2 aliphatic heterocycles. The summed E-state index contributed by atoms with van der Waals surface area (Å²) in [5.74, 6) is 0.944. The lowest BCUT2D eigenvalue weighted by atomic mass is 10.1. The van der Waals surface area contributed by atoms with E-state index in [-0.39, 0.29) is 17.9 Å². The van der Waals surface area contributed by atoms with Gasteiger partial charge in [-0.15, -0.1) is 0 Å². The highest BCUT2D eigenvalue weighted by Gasteiger charge is 2.24. The van der Waals surface area contributed by atoms with Crippen molar-refractivity contribution in [2.75, 3.05) is 50.7 Å². The second-order valence-corrected chi connectivity index (χ2v) is 6.66. The van der Waals surface area contributed by atoms with Crippen molar-refractivity contribution < 1.29 is 9.59 Å². The first-order chi connectivity index (χ1) is 12.1. The molecule has 1 N–H and O–H groups in total. The number of hydrogen-bond acceptors (Lipinski definition) is 6. The third-order valence-corrected chi connectivity index (χ3v) is 4.88. The Morgan fingerprint density at radius 3 is 2.32 bits per heavy atom. The molecule has 0 saturated carbocycles. The number of piperazine rings is 1. The van der Waals surface area contributed by atoms with Gasteiger partial charge in [0.25, 0.3) is 0 Å². The van der Waals surface area contributed by atoms with Crippen LogP contribution < -0.4 is 10.2 Å². The Balaban J connectivity index is 1.38. The van der Waals surface area contributed by atoms with Crippen molar-refractivity contribution in [3.8, 4) is 0 Å². The number of rotatable bonds is 4. The summed E-state index contributed by atoms with van der Waals surface area (Å²) in [6.45, 7) is 6.80. The number of nitrogens with zero attached hydrogens (tertiary/aromatic N) is 5. The van der Waals surface area contributed by atoms with Gasteiger partial charge in [0.1, 0.15) is 0 Å². The van der Waals surface area contributed by atoms with Crippen LogP contribution in [0.3, 0.4) is 0 Å². The molecule has 25 heavy (non-hydrogen) atoms. The van der Waals surface area contributed by atoms with Gasteiger partial charge in [-0.25, -0.2) is 9.97 Å². The van der Waals surface area contributed by atoms with Crippen LogP contribution in [0.4, 0.5) is 5.95 Å². The smallest absolute Gasteiger partial charge is 0.234 e. The molecular weight excluding hydrogens is 320 g/mol. The van der Waals surface area contributed by atoms with Gasteiger partial charge in [0.2, 0.25) is 17.8 Å². The topological polar surface area (TPSA) is 81.7 Å². The molecule has 0 atom stereocenters. The molecule has 8 heteroatoms. The third-order valence-electron chi connectivity index (χ3n) is 4.88. The number of hydrogen-bond donors (Lipinski definition) is 1. The Morgan fingerprint density at radius 1 is 1.08 bits per heavy atom. The average molecular weight is 346 g/mol. The summed E-state index contributed by atoms with van der Waals surface area (Å²) in [7, 11) is 0. The van der Waals surface area contributed by atoms with Gasteiger partial charge in [-0.1, -0.05) is 0 Å². The number of piperidine rings is 1. The Morgan fingerprint density at radius 2 is 1.72 bits per heavy atom. The van der Waals surface area contributed by atoms with E-state index >= 15 is 0 Å². The highest BCUT2D eigenvalue weighted by atomic mass is 16.2. The first-order valence-corrected chi connectivity index (χ1v) is 8.91. The Labute approximate surface area is 148 Å². The van der Waals surface area contributed by atoms with E-state index in [1.165, 1.54) is 0 Å². The van der Waals surface area contributed by atoms with Gasteiger partial charge in [0, 0.05) is 64.6 Å². The number of carbonyl (C=O) groups excluding carboxylic acids is 2. The molecule has 0 aromatic carbocycles. The average Bonchev–Trinajstić information content (AvgIpc) is 2.63. The van der Waals surface area contributed by atoms with E-state index in [4.69, 9.17) is 0 Å². The highest BCUT2D eigenvalue weighted by molar-refractivity contribution is 5.78. The number of carbonyl (C=O) groups is 2. The monoisotopic (exact) mass is 346 g/mol. The molecule has 0 radical (unpaired) electrons. The van der Waals surface area contributed by atoms with E-state index in [0.29, 0.717) is 6.54 Å². The van der Waals surface area contributed by atoms with Crippen LogP contribution in [0.2, 0.25) is 0 Å². The molecule has 0 spiro atoms. The van der Waals surface area contributed by atoms with Gasteiger partial charge in [0.15, 0.2) is 0 Å². The maximum Gasteiger partial charge on any atom is 0.234 e. The minimum atomic E-state index is 0.0747. The molecule has 136 valence electrons. The molecule has 0 bridgehead atoms. The quantitative estimate of drug-likeness (QED) is 0.808. The van der Waals surface area contributed by atoms with Gasteiger partial charge in [0.05, 0.1) is 6.54 Å². The lowest BCUT2D eigenvalue weighted by Gasteiger charge is -2.35. The van der Waals surface area contributed by atoms with Gasteiger partial charge in [-0.05, 0) is 18.9 Å². The van der Waals surface area contributed by atoms with E-state index in [0.717, 1.165) is 58.1 Å². The number of anilines is 1. The van der Waals surface area contributed by atoms with Crippen LogP contribution >= 0.6 is 0 Å². The molecule has 1 aromatic rings. The molecule has 0 unspecified atom stereocenters.